The Morgan fingerprint density at radius 2 is 2.15 bits per heavy atom. The number of carbonyl (C=O) groups excluding carboxylic acids is 1. The summed E-state index contributed by atoms with van der Waals surface area (Å²) in [6.45, 7) is 0.928. The molecule has 0 radical (unpaired) electrons. The Hall–Kier alpha value is -0.970. The first-order valence-corrected chi connectivity index (χ1v) is 7.28. The van der Waals surface area contributed by atoms with E-state index in [0.717, 1.165) is 12.8 Å². The number of alkyl halides is 1. The lowest BCUT2D eigenvalue weighted by atomic mass is 9.84. The number of nitrogens with one attached hydrogen (secondary N) is 1. The second kappa shape index (κ2) is 7.16. The van der Waals surface area contributed by atoms with Gasteiger partial charge in [0.15, 0.2) is 0 Å². The summed E-state index contributed by atoms with van der Waals surface area (Å²) < 4.78 is 10.3. The van der Waals surface area contributed by atoms with Gasteiger partial charge in [-0.1, -0.05) is 11.6 Å². The van der Waals surface area contributed by atoms with Crippen LogP contribution in [0.1, 0.15) is 12.8 Å². The maximum atomic E-state index is 11.9. The van der Waals surface area contributed by atoms with E-state index in [1.165, 1.54) is 0 Å². The largest absolute Gasteiger partial charge is 0.490 e. The summed E-state index contributed by atoms with van der Waals surface area (Å²) in [6, 6.07) is 5.18. The van der Waals surface area contributed by atoms with Crippen molar-refractivity contribution in [1.82, 2.24) is 0 Å². The first-order valence-electron chi connectivity index (χ1n) is 6.46. The van der Waals surface area contributed by atoms with Crippen LogP contribution in [-0.4, -0.2) is 31.6 Å². The quantitative estimate of drug-likeness (QED) is 0.646. The van der Waals surface area contributed by atoms with Crippen molar-refractivity contribution in [2.24, 2.45) is 5.92 Å². The minimum Gasteiger partial charge on any atom is -0.490 e. The number of halogens is 2. The van der Waals surface area contributed by atoms with Gasteiger partial charge in [0.25, 0.3) is 0 Å². The molecule has 0 bridgehead atoms. The molecular formula is C14H17Cl2NO3. The molecule has 1 aliphatic rings. The van der Waals surface area contributed by atoms with Crippen LogP contribution in [0.4, 0.5) is 5.69 Å². The van der Waals surface area contributed by atoms with E-state index >= 15 is 0 Å². The molecule has 0 atom stereocenters. The Morgan fingerprint density at radius 3 is 2.75 bits per heavy atom. The van der Waals surface area contributed by atoms with Gasteiger partial charge in [0.1, 0.15) is 12.4 Å². The fourth-order valence-corrected chi connectivity index (χ4v) is 2.60. The molecule has 1 aromatic rings. The van der Waals surface area contributed by atoms with Gasteiger partial charge in [0.2, 0.25) is 5.91 Å². The normalized spacial score (nSPS) is 21.1. The number of rotatable bonds is 6. The number of carbonyl (C=O) groups is 1. The first-order chi connectivity index (χ1) is 9.60. The lowest BCUT2D eigenvalue weighted by Crippen LogP contribution is -2.34. The third kappa shape index (κ3) is 4.01. The van der Waals surface area contributed by atoms with Crippen molar-refractivity contribution in [2.75, 3.05) is 25.6 Å². The maximum absolute atomic E-state index is 11.9. The summed E-state index contributed by atoms with van der Waals surface area (Å²) in [5, 5.41) is 3.43. The van der Waals surface area contributed by atoms with Crippen molar-refractivity contribution in [3.63, 3.8) is 0 Å². The van der Waals surface area contributed by atoms with Gasteiger partial charge in [0.05, 0.1) is 11.6 Å². The van der Waals surface area contributed by atoms with Crippen molar-refractivity contribution in [2.45, 2.75) is 18.2 Å². The highest BCUT2D eigenvalue weighted by molar-refractivity contribution is 6.32. The zero-order valence-electron chi connectivity index (χ0n) is 11.2. The summed E-state index contributed by atoms with van der Waals surface area (Å²) >= 11 is 12.0. The molecule has 0 spiro atoms. The van der Waals surface area contributed by atoms with Crippen molar-refractivity contribution in [1.29, 1.82) is 0 Å². The minimum atomic E-state index is -0.00832. The molecule has 6 heteroatoms. The number of ether oxygens (including phenoxy) is 2. The van der Waals surface area contributed by atoms with E-state index in [9.17, 15) is 4.79 Å². The van der Waals surface area contributed by atoms with Crippen LogP contribution in [0.15, 0.2) is 18.2 Å². The predicted octanol–water partition coefficient (Wildman–Crippen LogP) is 3.32. The predicted molar refractivity (Wildman–Crippen MR) is 79.8 cm³/mol. The summed E-state index contributed by atoms with van der Waals surface area (Å²) in [6.07, 6.45) is 1.47. The van der Waals surface area contributed by atoms with Crippen LogP contribution in [0.3, 0.4) is 0 Å². The lowest BCUT2D eigenvalue weighted by Gasteiger charge is -2.29. The van der Waals surface area contributed by atoms with Crippen LogP contribution in [0.2, 0.25) is 5.02 Å². The number of hydrogen-bond acceptors (Lipinski definition) is 3. The Morgan fingerprint density at radius 1 is 1.40 bits per heavy atom. The van der Waals surface area contributed by atoms with Crippen LogP contribution in [0, 0.1) is 5.92 Å². The van der Waals surface area contributed by atoms with Gasteiger partial charge in [-0.3, -0.25) is 4.79 Å². The van der Waals surface area contributed by atoms with Gasteiger partial charge in [-0.15, -0.1) is 11.6 Å². The highest BCUT2D eigenvalue weighted by Crippen LogP contribution is 2.33. The Labute approximate surface area is 128 Å². The molecule has 110 valence electrons. The number of benzene rings is 1. The summed E-state index contributed by atoms with van der Waals surface area (Å²) in [5.41, 5.74) is 0.664. The highest BCUT2D eigenvalue weighted by atomic mass is 35.5. The summed E-state index contributed by atoms with van der Waals surface area (Å²) in [5.74, 6) is 0.575. The molecule has 0 aliphatic heterocycles. The molecule has 20 heavy (non-hydrogen) atoms. The van der Waals surface area contributed by atoms with Crippen LogP contribution in [0.5, 0.6) is 5.75 Å². The van der Waals surface area contributed by atoms with Crippen LogP contribution >= 0.6 is 23.2 Å². The smallest absolute Gasteiger partial charge is 0.227 e. The number of amides is 1. The fourth-order valence-electron chi connectivity index (χ4n) is 1.94. The molecule has 1 fully saturated rings. The van der Waals surface area contributed by atoms with Crippen LogP contribution < -0.4 is 10.1 Å². The molecule has 1 amide bonds. The molecule has 0 unspecified atom stereocenters. The van der Waals surface area contributed by atoms with Gasteiger partial charge >= 0.3 is 0 Å². The zero-order valence-corrected chi connectivity index (χ0v) is 12.7. The van der Waals surface area contributed by atoms with Gasteiger partial charge in [-0.05, 0) is 31.0 Å². The molecule has 2 rings (SSSR count). The van der Waals surface area contributed by atoms with Gasteiger partial charge < -0.3 is 14.8 Å². The van der Waals surface area contributed by atoms with Gasteiger partial charge in [0, 0.05) is 24.1 Å². The highest BCUT2D eigenvalue weighted by Gasteiger charge is 2.33. The Bertz CT molecular complexity index is 475. The number of anilines is 1. The lowest BCUT2D eigenvalue weighted by molar-refractivity contribution is -0.122. The SMILES string of the molecule is COCCOc1ccc(NC(=O)C2CC(Cl)C2)cc1Cl. The zero-order chi connectivity index (χ0) is 14.5. The summed E-state index contributed by atoms with van der Waals surface area (Å²) in [4.78, 5) is 11.9. The van der Waals surface area contributed by atoms with E-state index in [-0.39, 0.29) is 17.2 Å². The topological polar surface area (TPSA) is 47.6 Å². The van der Waals surface area contributed by atoms with Crippen LogP contribution in [-0.2, 0) is 9.53 Å². The maximum Gasteiger partial charge on any atom is 0.227 e. The van der Waals surface area contributed by atoms with Gasteiger partial charge in [-0.25, -0.2) is 0 Å². The van der Waals surface area contributed by atoms with E-state index in [0.29, 0.717) is 29.7 Å². The molecule has 0 aromatic heterocycles. The minimum absolute atomic E-state index is 0.00825. The van der Waals surface area contributed by atoms with E-state index in [1.54, 1.807) is 25.3 Å². The molecule has 4 nitrogen and oxygen atoms in total. The molecule has 1 aliphatic carbocycles. The van der Waals surface area contributed by atoms with Gasteiger partial charge in [-0.2, -0.15) is 0 Å². The average Bonchev–Trinajstić information content (AvgIpc) is 2.37. The molecule has 1 N–H and O–H groups in total. The first kappa shape index (κ1) is 15.4. The van der Waals surface area contributed by atoms with E-state index in [1.807, 2.05) is 0 Å². The van der Waals surface area contributed by atoms with E-state index < -0.39 is 0 Å². The molecular weight excluding hydrogens is 301 g/mol. The summed E-state index contributed by atoms with van der Waals surface area (Å²) in [7, 11) is 1.61. The standard InChI is InChI=1S/C14H17Cl2NO3/c1-19-4-5-20-13-3-2-11(8-12(13)16)17-14(18)9-6-10(15)7-9/h2-3,8-10H,4-7H2,1H3,(H,17,18). The van der Waals surface area contributed by atoms with E-state index in [4.69, 9.17) is 32.7 Å². The second-order valence-electron chi connectivity index (χ2n) is 4.74. The second-order valence-corrected chi connectivity index (χ2v) is 5.77. The monoisotopic (exact) mass is 317 g/mol. The molecule has 1 aromatic carbocycles. The fraction of sp³-hybridized carbons (Fsp3) is 0.500. The number of methoxy groups -OCH3 is 1. The molecule has 0 saturated heterocycles. The Kier molecular flexibility index (Phi) is 5.52. The Balaban J connectivity index is 1.89. The van der Waals surface area contributed by atoms with Crippen molar-refractivity contribution < 1.29 is 14.3 Å². The van der Waals surface area contributed by atoms with E-state index in [2.05, 4.69) is 5.32 Å². The third-order valence-electron chi connectivity index (χ3n) is 3.20. The number of hydrogen-bond donors (Lipinski definition) is 1. The molecule has 0 heterocycles. The van der Waals surface area contributed by atoms with Crippen molar-refractivity contribution in [3.05, 3.63) is 23.2 Å². The third-order valence-corrected chi connectivity index (χ3v) is 3.85. The van der Waals surface area contributed by atoms with Crippen molar-refractivity contribution in [3.8, 4) is 5.75 Å². The molecule has 1 saturated carbocycles. The average molecular weight is 318 g/mol. The van der Waals surface area contributed by atoms with Crippen LogP contribution in [0.25, 0.3) is 0 Å². The van der Waals surface area contributed by atoms with Crippen molar-refractivity contribution >= 4 is 34.8 Å².